The van der Waals surface area contributed by atoms with Gasteiger partial charge in [-0.05, 0) is 25.8 Å². The van der Waals surface area contributed by atoms with Crippen molar-refractivity contribution in [1.82, 2.24) is 4.98 Å². The molecule has 0 aliphatic heterocycles. The van der Waals surface area contributed by atoms with E-state index in [9.17, 15) is 0 Å². The molecular formula is C10H16ClN3. The average Bonchev–Trinajstić information content (AvgIpc) is 2.15. The van der Waals surface area contributed by atoms with Gasteiger partial charge in [-0.15, -0.1) is 0 Å². The molecule has 0 aliphatic rings. The van der Waals surface area contributed by atoms with Crippen LogP contribution in [0.4, 0.5) is 5.69 Å². The summed E-state index contributed by atoms with van der Waals surface area (Å²) in [6.45, 7) is 2.91. The molecule has 1 aromatic heterocycles. The molecule has 1 rings (SSSR count). The van der Waals surface area contributed by atoms with Crippen molar-refractivity contribution in [2.24, 2.45) is 5.73 Å². The fourth-order valence-electron chi connectivity index (χ4n) is 1.17. The highest BCUT2D eigenvalue weighted by atomic mass is 35.5. The number of nitrogens with two attached hydrogens (primary N) is 1. The van der Waals surface area contributed by atoms with Crippen LogP contribution in [0.1, 0.15) is 19.8 Å². The Morgan fingerprint density at radius 1 is 1.64 bits per heavy atom. The van der Waals surface area contributed by atoms with Crippen LogP contribution in [0.5, 0.6) is 0 Å². The highest BCUT2D eigenvalue weighted by molar-refractivity contribution is 6.33. The molecule has 78 valence electrons. The van der Waals surface area contributed by atoms with Gasteiger partial charge in [0.25, 0.3) is 0 Å². The summed E-state index contributed by atoms with van der Waals surface area (Å²) in [6, 6.07) is 2.14. The Labute approximate surface area is 89.7 Å². The van der Waals surface area contributed by atoms with E-state index >= 15 is 0 Å². The lowest BCUT2D eigenvalue weighted by Crippen LogP contribution is -2.16. The first-order valence-electron chi connectivity index (χ1n) is 4.79. The summed E-state index contributed by atoms with van der Waals surface area (Å²) in [5.74, 6) is 0. The van der Waals surface area contributed by atoms with E-state index < -0.39 is 0 Å². The second-order valence-electron chi connectivity index (χ2n) is 3.40. The maximum absolute atomic E-state index is 5.92. The standard InChI is InChI=1S/C10H16ClN3/c1-8(12)3-2-5-14-10-4-6-13-7-9(10)11/h4,6-8H,2-3,5,12H2,1H3,(H,13,14). The van der Waals surface area contributed by atoms with Gasteiger partial charge in [0.05, 0.1) is 10.7 Å². The van der Waals surface area contributed by atoms with Crippen molar-refractivity contribution in [1.29, 1.82) is 0 Å². The average molecular weight is 214 g/mol. The van der Waals surface area contributed by atoms with Gasteiger partial charge in [-0.1, -0.05) is 11.6 Å². The first-order chi connectivity index (χ1) is 6.70. The summed E-state index contributed by atoms with van der Waals surface area (Å²) in [4.78, 5) is 3.91. The van der Waals surface area contributed by atoms with Gasteiger partial charge in [-0.2, -0.15) is 0 Å². The molecule has 4 heteroatoms. The molecule has 0 amide bonds. The monoisotopic (exact) mass is 213 g/mol. The lowest BCUT2D eigenvalue weighted by atomic mass is 10.2. The topological polar surface area (TPSA) is 50.9 Å². The molecule has 0 bridgehead atoms. The summed E-state index contributed by atoms with van der Waals surface area (Å²) in [6.07, 6.45) is 5.43. The molecule has 0 spiro atoms. The summed E-state index contributed by atoms with van der Waals surface area (Å²) in [7, 11) is 0. The number of hydrogen-bond donors (Lipinski definition) is 2. The normalized spacial score (nSPS) is 12.5. The molecule has 0 aliphatic carbocycles. The van der Waals surface area contributed by atoms with Crippen molar-refractivity contribution in [2.45, 2.75) is 25.8 Å². The van der Waals surface area contributed by atoms with E-state index in [1.807, 2.05) is 13.0 Å². The minimum atomic E-state index is 0.268. The minimum absolute atomic E-state index is 0.268. The summed E-state index contributed by atoms with van der Waals surface area (Å²) in [5.41, 5.74) is 6.57. The quantitative estimate of drug-likeness (QED) is 0.738. The van der Waals surface area contributed by atoms with Crippen molar-refractivity contribution < 1.29 is 0 Å². The highest BCUT2D eigenvalue weighted by Crippen LogP contribution is 2.18. The second-order valence-corrected chi connectivity index (χ2v) is 3.81. The van der Waals surface area contributed by atoms with Crippen LogP contribution in [0.15, 0.2) is 18.5 Å². The predicted molar refractivity (Wildman–Crippen MR) is 60.6 cm³/mol. The Bertz CT molecular complexity index is 276. The van der Waals surface area contributed by atoms with E-state index in [2.05, 4.69) is 10.3 Å². The van der Waals surface area contributed by atoms with Crippen molar-refractivity contribution in [2.75, 3.05) is 11.9 Å². The summed E-state index contributed by atoms with van der Waals surface area (Å²) >= 11 is 5.92. The Balaban J connectivity index is 2.28. The number of pyridine rings is 1. The first kappa shape index (κ1) is 11.3. The van der Waals surface area contributed by atoms with Gasteiger partial charge >= 0.3 is 0 Å². The van der Waals surface area contributed by atoms with Crippen LogP contribution in [-0.4, -0.2) is 17.6 Å². The molecule has 1 atom stereocenters. The van der Waals surface area contributed by atoms with Gasteiger partial charge in [0.15, 0.2) is 0 Å². The van der Waals surface area contributed by atoms with Gasteiger partial charge in [0, 0.05) is 25.0 Å². The number of anilines is 1. The Morgan fingerprint density at radius 2 is 2.43 bits per heavy atom. The molecular weight excluding hydrogens is 198 g/mol. The van der Waals surface area contributed by atoms with E-state index in [0.29, 0.717) is 5.02 Å². The number of halogens is 1. The zero-order chi connectivity index (χ0) is 10.4. The number of nitrogens with zero attached hydrogens (tertiary/aromatic N) is 1. The lowest BCUT2D eigenvalue weighted by Gasteiger charge is -2.08. The van der Waals surface area contributed by atoms with E-state index in [1.165, 1.54) is 0 Å². The fraction of sp³-hybridized carbons (Fsp3) is 0.500. The van der Waals surface area contributed by atoms with Crippen LogP contribution >= 0.6 is 11.6 Å². The first-order valence-corrected chi connectivity index (χ1v) is 5.17. The number of nitrogens with one attached hydrogen (secondary N) is 1. The number of hydrogen-bond acceptors (Lipinski definition) is 3. The van der Waals surface area contributed by atoms with Crippen molar-refractivity contribution in [3.8, 4) is 0 Å². The molecule has 1 aromatic rings. The van der Waals surface area contributed by atoms with E-state index in [1.54, 1.807) is 12.4 Å². The van der Waals surface area contributed by atoms with Crippen LogP contribution in [0.2, 0.25) is 5.02 Å². The van der Waals surface area contributed by atoms with Crippen LogP contribution in [0.25, 0.3) is 0 Å². The molecule has 1 heterocycles. The fourth-order valence-corrected chi connectivity index (χ4v) is 1.35. The minimum Gasteiger partial charge on any atom is -0.384 e. The smallest absolute Gasteiger partial charge is 0.0820 e. The van der Waals surface area contributed by atoms with E-state index in [-0.39, 0.29) is 6.04 Å². The number of aromatic nitrogens is 1. The van der Waals surface area contributed by atoms with E-state index in [4.69, 9.17) is 17.3 Å². The zero-order valence-corrected chi connectivity index (χ0v) is 9.09. The molecule has 0 fully saturated rings. The molecule has 0 saturated carbocycles. The third-order valence-corrected chi connectivity index (χ3v) is 2.23. The third-order valence-electron chi connectivity index (χ3n) is 1.92. The molecule has 0 aromatic carbocycles. The van der Waals surface area contributed by atoms with Crippen LogP contribution in [0, 0.1) is 0 Å². The number of rotatable bonds is 5. The van der Waals surface area contributed by atoms with Crippen molar-refractivity contribution >= 4 is 17.3 Å². The maximum atomic E-state index is 5.92. The molecule has 3 nitrogen and oxygen atoms in total. The Hall–Kier alpha value is -0.800. The summed E-state index contributed by atoms with van der Waals surface area (Å²) in [5, 5.41) is 3.90. The van der Waals surface area contributed by atoms with Crippen molar-refractivity contribution in [3.63, 3.8) is 0 Å². The highest BCUT2D eigenvalue weighted by Gasteiger charge is 1.98. The van der Waals surface area contributed by atoms with Gasteiger partial charge in [0.1, 0.15) is 0 Å². The largest absolute Gasteiger partial charge is 0.384 e. The second kappa shape index (κ2) is 5.83. The third kappa shape index (κ3) is 3.94. The lowest BCUT2D eigenvalue weighted by molar-refractivity contribution is 0.639. The maximum Gasteiger partial charge on any atom is 0.0820 e. The van der Waals surface area contributed by atoms with Crippen LogP contribution in [-0.2, 0) is 0 Å². The summed E-state index contributed by atoms with van der Waals surface area (Å²) < 4.78 is 0. The molecule has 3 N–H and O–H groups in total. The molecule has 0 saturated heterocycles. The van der Waals surface area contributed by atoms with Gasteiger partial charge in [0.2, 0.25) is 0 Å². The SMILES string of the molecule is CC(N)CCCNc1ccncc1Cl. The van der Waals surface area contributed by atoms with Crippen molar-refractivity contribution in [3.05, 3.63) is 23.5 Å². The zero-order valence-electron chi connectivity index (χ0n) is 8.33. The molecule has 14 heavy (non-hydrogen) atoms. The molecule has 0 radical (unpaired) electrons. The van der Waals surface area contributed by atoms with Crippen LogP contribution < -0.4 is 11.1 Å². The van der Waals surface area contributed by atoms with Gasteiger partial charge in [-0.25, -0.2) is 0 Å². The Morgan fingerprint density at radius 3 is 3.07 bits per heavy atom. The predicted octanol–water partition coefficient (Wildman–Crippen LogP) is 2.27. The van der Waals surface area contributed by atoms with Gasteiger partial charge < -0.3 is 11.1 Å². The molecule has 1 unspecified atom stereocenters. The van der Waals surface area contributed by atoms with Gasteiger partial charge in [-0.3, -0.25) is 4.98 Å². The van der Waals surface area contributed by atoms with Crippen LogP contribution in [0.3, 0.4) is 0 Å². The Kier molecular flexibility index (Phi) is 4.70. The van der Waals surface area contributed by atoms with E-state index in [0.717, 1.165) is 25.1 Å².